The molecule has 1 atom stereocenters. The number of fused-ring (bicyclic) bond motifs is 2. The molecule has 0 aliphatic carbocycles. The first-order chi connectivity index (χ1) is 21.2. The van der Waals surface area contributed by atoms with Crippen molar-refractivity contribution >= 4 is 77.6 Å². The van der Waals surface area contributed by atoms with Crippen LogP contribution in [-0.2, 0) is 16.1 Å². The molecule has 6 rings (SSSR count). The lowest BCUT2D eigenvalue weighted by Gasteiger charge is -2.25. The van der Waals surface area contributed by atoms with Gasteiger partial charge in [-0.1, -0.05) is 77.5 Å². The normalized spacial score (nSPS) is 14.8. The highest BCUT2D eigenvalue weighted by Crippen LogP contribution is 2.37. The third-order valence-corrected chi connectivity index (χ3v) is 9.66. The highest BCUT2D eigenvalue weighted by Gasteiger charge is 2.34. The smallest absolute Gasteiger partial charge is 0.338 e. The lowest BCUT2D eigenvalue weighted by molar-refractivity contribution is -0.139. The average molecular weight is 753 g/mol. The number of carbonyl (C=O) groups excluding carboxylic acids is 1. The van der Waals surface area contributed by atoms with Crippen molar-refractivity contribution in [2.75, 3.05) is 6.61 Å². The Bertz CT molecular complexity index is 2110. The van der Waals surface area contributed by atoms with Gasteiger partial charge in [-0.05, 0) is 104 Å². The molecule has 44 heavy (non-hydrogen) atoms. The van der Waals surface area contributed by atoms with E-state index in [4.69, 9.17) is 26.1 Å². The van der Waals surface area contributed by atoms with Gasteiger partial charge in [-0.25, -0.2) is 9.79 Å². The molecule has 2 heterocycles. The van der Waals surface area contributed by atoms with Crippen molar-refractivity contribution in [2.24, 2.45) is 4.99 Å². The van der Waals surface area contributed by atoms with Gasteiger partial charge >= 0.3 is 5.97 Å². The van der Waals surface area contributed by atoms with Crippen LogP contribution in [0.4, 0.5) is 0 Å². The van der Waals surface area contributed by atoms with E-state index in [0.29, 0.717) is 38.0 Å². The summed E-state index contributed by atoms with van der Waals surface area (Å²) in [7, 11) is 0. The monoisotopic (exact) mass is 750 g/mol. The number of aromatic nitrogens is 1. The number of hydrogen-bond donors (Lipinski definition) is 0. The predicted molar refractivity (Wildman–Crippen MR) is 182 cm³/mol. The van der Waals surface area contributed by atoms with Gasteiger partial charge in [-0.2, -0.15) is 0 Å². The molecule has 0 bridgehead atoms. The Hall–Kier alpha value is -3.50. The molecular formula is C34H25Br2ClN2O4S. The third-order valence-electron chi connectivity index (χ3n) is 7.25. The number of esters is 1. The zero-order valence-corrected chi connectivity index (χ0v) is 28.4. The molecule has 0 fully saturated rings. The van der Waals surface area contributed by atoms with Crippen molar-refractivity contribution in [3.8, 4) is 5.75 Å². The minimum atomic E-state index is -0.694. The van der Waals surface area contributed by atoms with Gasteiger partial charge in [-0.3, -0.25) is 9.36 Å². The fourth-order valence-corrected chi connectivity index (χ4v) is 7.89. The van der Waals surface area contributed by atoms with Crippen LogP contribution >= 0.6 is 54.8 Å². The third kappa shape index (κ3) is 5.94. The van der Waals surface area contributed by atoms with E-state index in [1.807, 2.05) is 84.9 Å². The number of nitrogens with zero attached hydrogens (tertiary/aromatic N) is 2. The summed E-state index contributed by atoms with van der Waals surface area (Å²) in [5.74, 6) is 0.159. The molecule has 5 aromatic rings. The molecule has 1 aliphatic heterocycles. The van der Waals surface area contributed by atoms with Crippen LogP contribution in [0.3, 0.4) is 0 Å². The van der Waals surface area contributed by atoms with Crippen LogP contribution in [0.25, 0.3) is 16.8 Å². The Balaban J connectivity index is 1.44. The van der Waals surface area contributed by atoms with Gasteiger partial charge in [-0.15, -0.1) is 0 Å². The molecule has 0 radical (unpaired) electrons. The van der Waals surface area contributed by atoms with Crippen molar-refractivity contribution in [3.63, 3.8) is 0 Å². The predicted octanol–water partition coefficient (Wildman–Crippen LogP) is 7.71. The van der Waals surface area contributed by atoms with E-state index in [1.54, 1.807) is 18.4 Å². The van der Waals surface area contributed by atoms with Crippen LogP contribution in [0.5, 0.6) is 5.75 Å². The van der Waals surface area contributed by atoms with Crippen LogP contribution in [-0.4, -0.2) is 17.1 Å². The molecular weight excluding hydrogens is 728 g/mol. The largest absolute Gasteiger partial charge is 0.487 e. The zero-order valence-electron chi connectivity index (χ0n) is 23.6. The molecule has 222 valence electrons. The first kappa shape index (κ1) is 30.5. The lowest BCUT2D eigenvalue weighted by atomic mass is 9.91. The molecule has 0 unspecified atom stereocenters. The standard InChI is InChI=1S/C34H25Br2ClN2O4S/c1-3-42-33(41)29-19(2)38-34-39(30(29)25-10-6-8-22-7-4-5-9-24(22)25)32(40)28(44-34)17-21-15-26(35)31(27(36)16-21)43-18-20-11-13-23(37)14-12-20/h4-17,30H,3,18H2,1-2H3/b28-17-/t30-/m0/s1. The first-order valence-corrected chi connectivity index (χ1v) is 16.6. The summed E-state index contributed by atoms with van der Waals surface area (Å²) >= 11 is 14.5. The van der Waals surface area contributed by atoms with E-state index in [9.17, 15) is 9.59 Å². The number of rotatable bonds is 7. The Labute approximate surface area is 279 Å². The molecule has 1 aromatic heterocycles. The summed E-state index contributed by atoms with van der Waals surface area (Å²) in [5, 5.41) is 2.63. The van der Waals surface area contributed by atoms with Crippen LogP contribution in [0.2, 0.25) is 5.02 Å². The Morgan fingerprint density at radius 1 is 1.05 bits per heavy atom. The van der Waals surface area contributed by atoms with Gasteiger partial charge in [0.1, 0.15) is 12.4 Å². The fraction of sp³-hybridized carbons (Fsp3) is 0.147. The van der Waals surface area contributed by atoms with Gasteiger partial charge in [0.2, 0.25) is 0 Å². The van der Waals surface area contributed by atoms with Crippen molar-refractivity contribution in [2.45, 2.75) is 26.5 Å². The molecule has 0 saturated heterocycles. The van der Waals surface area contributed by atoms with E-state index in [0.717, 1.165) is 36.4 Å². The minimum absolute atomic E-state index is 0.214. The van der Waals surface area contributed by atoms with Crippen LogP contribution in [0, 0.1) is 0 Å². The lowest BCUT2D eigenvalue weighted by Crippen LogP contribution is -2.40. The number of halogens is 3. The topological polar surface area (TPSA) is 69.9 Å². The maximum absolute atomic E-state index is 14.1. The molecule has 1 aliphatic rings. The fourth-order valence-electron chi connectivity index (χ4n) is 5.26. The summed E-state index contributed by atoms with van der Waals surface area (Å²) in [5.41, 5.74) is 3.25. The van der Waals surface area contributed by atoms with Crippen molar-refractivity contribution < 1.29 is 14.3 Å². The summed E-state index contributed by atoms with van der Waals surface area (Å²) in [6.07, 6.45) is 1.83. The number of ether oxygens (including phenoxy) is 2. The Kier molecular flexibility index (Phi) is 8.91. The van der Waals surface area contributed by atoms with Gasteiger partial charge in [0.25, 0.3) is 5.56 Å². The summed E-state index contributed by atoms with van der Waals surface area (Å²) < 4.78 is 15.1. The van der Waals surface area contributed by atoms with Gasteiger partial charge < -0.3 is 9.47 Å². The zero-order chi connectivity index (χ0) is 31.0. The first-order valence-electron chi connectivity index (χ1n) is 13.8. The highest BCUT2D eigenvalue weighted by atomic mass is 79.9. The van der Waals surface area contributed by atoms with E-state index in [2.05, 4.69) is 31.9 Å². The molecule has 0 saturated carbocycles. The summed E-state index contributed by atoms with van der Waals surface area (Å²) in [6.45, 7) is 4.13. The molecule has 0 amide bonds. The van der Waals surface area contributed by atoms with Crippen LogP contribution < -0.4 is 19.6 Å². The Morgan fingerprint density at radius 3 is 2.48 bits per heavy atom. The Morgan fingerprint density at radius 2 is 1.75 bits per heavy atom. The maximum atomic E-state index is 14.1. The minimum Gasteiger partial charge on any atom is -0.487 e. The highest BCUT2D eigenvalue weighted by molar-refractivity contribution is 9.11. The average Bonchev–Trinajstić information content (AvgIpc) is 3.30. The molecule has 4 aromatic carbocycles. The summed E-state index contributed by atoms with van der Waals surface area (Å²) in [6, 6.07) is 24.4. The van der Waals surface area contributed by atoms with Gasteiger partial charge in [0.05, 0.1) is 37.4 Å². The van der Waals surface area contributed by atoms with Gasteiger partial charge in [0, 0.05) is 5.02 Å². The molecule has 0 N–H and O–H groups in total. The molecule has 0 spiro atoms. The number of carbonyl (C=O) groups is 1. The molecule has 10 heteroatoms. The van der Waals surface area contributed by atoms with E-state index >= 15 is 0 Å². The maximum Gasteiger partial charge on any atom is 0.338 e. The van der Waals surface area contributed by atoms with Crippen LogP contribution in [0.1, 0.15) is 36.6 Å². The van der Waals surface area contributed by atoms with Crippen molar-refractivity contribution in [3.05, 3.63) is 140 Å². The SMILES string of the molecule is CCOC(=O)C1=C(C)N=c2s/c(=C\c3cc(Br)c(OCc4ccc(Cl)cc4)c(Br)c3)c(=O)n2[C@H]1c1cccc2ccccc12. The van der Waals surface area contributed by atoms with Crippen molar-refractivity contribution in [1.29, 1.82) is 0 Å². The van der Waals surface area contributed by atoms with E-state index in [1.165, 1.54) is 11.3 Å². The van der Waals surface area contributed by atoms with Crippen molar-refractivity contribution in [1.82, 2.24) is 4.57 Å². The number of thiazole rings is 1. The van der Waals surface area contributed by atoms with E-state index in [-0.39, 0.29) is 12.2 Å². The number of benzene rings is 4. The van der Waals surface area contributed by atoms with Crippen LogP contribution in [0.15, 0.2) is 109 Å². The van der Waals surface area contributed by atoms with Gasteiger partial charge in [0.15, 0.2) is 4.80 Å². The number of hydrogen-bond acceptors (Lipinski definition) is 6. The quantitative estimate of drug-likeness (QED) is 0.160. The second kappa shape index (κ2) is 12.9. The number of allylic oxidation sites excluding steroid dienone is 1. The second-order valence-corrected chi connectivity index (χ2v) is 13.3. The molecule has 6 nitrogen and oxygen atoms in total. The second-order valence-electron chi connectivity index (χ2n) is 10.1. The summed E-state index contributed by atoms with van der Waals surface area (Å²) in [4.78, 5) is 32.7. The van der Waals surface area contributed by atoms with E-state index < -0.39 is 12.0 Å².